The number of fused-ring (bicyclic) bond motifs is 1. The number of rotatable bonds is 2. The smallest absolute Gasteiger partial charge is 0.314 e. The zero-order chi connectivity index (χ0) is 17.7. The molecule has 0 saturated heterocycles. The van der Waals surface area contributed by atoms with Crippen LogP contribution in [0.3, 0.4) is 0 Å². The van der Waals surface area contributed by atoms with Crippen molar-refractivity contribution in [3.05, 3.63) is 77.9 Å². The molecule has 2 heterocycles. The third-order valence-electron chi connectivity index (χ3n) is 2.64. The van der Waals surface area contributed by atoms with Gasteiger partial charge in [-0.3, -0.25) is 40.0 Å². The van der Waals surface area contributed by atoms with Crippen molar-refractivity contribution in [2.24, 2.45) is 0 Å². The van der Waals surface area contributed by atoms with E-state index in [1.54, 1.807) is 0 Å². The zero-order valence-corrected chi connectivity index (χ0v) is 11.7. The predicted molar refractivity (Wildman–Crippen MR) is 80.5 cm³/mol. The van der Waals surface area contributed by atoms with Crippen LogP contribution in [0, 0.1) is 20.2 Å². The maximum atomic E-state index is 10.6. The van der Waals surface area contributed by atoms with Gasteiger partial charge in [-0.05, 0) is 0 Å². The average molecular weight is 332 g/mol. The molecule has 0 amide bonds. The first kappa shape index (κ1) is 16.4. The number of aromatic nitrogens is 4. The van der Waals surface area contributed by atoms with Gasteiger partial charge in [-0.25, -0.2) is 4.79 Å². The van der Waals surface area contributed by atoms with Crippen LogP contribution in [0.2, 0.25) is 0 Å². The van der Waals surface area contributed by atoms with Crippen LogP contribution in [-0.4, -0.2) is 29.8 Å². The molecular weight excluding hydrogens is 324 g/mol. The summed E-state index contributed by atoms with van der Waals surface area (Å²) in [6.07, 6.45) is 4.01. The van der Waals surface area contributed by atoms with Crippen LogP contribution in [0.1, 0.15) is 0 Å². The Hall–Kier alpha value is -3.96. The molecule has 2 N–H and O–H groups in total. The number of nitro groups is 2. The third-order valence-corrected chi connectivity index (χ3v) is 2.64. The van der Waals surface area contributed by atoms with Gasteiger partial charge in [0.1, 0.15) is 0 Å². The molecule has 12 heteroatoms. The SMILES string of the molecule is O=[N+]([O-])c1cc2nccnc2cc1[N+](=O)[O-].O=c1cc[nH]c(=O)[nH]1. The zero-order valence-electron chi connectivity index (χ0n) is 11.7. The van der Waals surface area contributed by atoms with E-state index < -0.39 is 26.9 Å². The van der Waals surface area contributed by atoms with Crippen LogP contribution in [-0.2, 0) is 0 Å². The minimum atomic E-state index is -0.813. The minimum absolute atomic E-state index is 0.250. The van der Waals surface area contributed by atoms with Gasteiger partial charge in [-0.15, -0.1) is 0 Å². The van der Waals surface area contributed by atoms with Crippen molar-refractivity contribution in [2.45, 2.75) is 0 Å². The number of nitrogens with one attached hydrogen (secondary N) is 2. The van der Waals surface area contributed by atoms with Crippen molar-refractivity contribution in [3.8, 4) is 0 Å². The standard InChI is InChI=1S/C8H4N4O4.C4H4N2O2/c13-11(14)7-3-5-6(10-2-1-9-5)4-8(7)12(15)16;7-3-1-2-5-4(8)6-3/h1-4H;1-2H,(H2,5,6,7,8). The number of H-pyrrole nitrogens is 2. The fourth-order valence-corrected chi connectivity index (χ4v) is 1.66. The second-order valence-electron chi connectivity index (χ2n) is 4.20. The van der Waals surface area contributed by atoms with Gasteiger partial charge >= 0.3 is 17.1 Å². The maximum Gasteiger partial charge on any atom is 0.348 e. The summed E-state index contributed by atoms with van der Waals surface area (Å²) in [5, 5.41) is 21.2. The Morgan fingerprint density at radius 2 is 1.42 bits per heavy atom. The number of benzene rings is 1. The van der Waals surface area contributed by atoms with Crippen LogP contribution in [0.15, 0.2) is 46.4 Å². The van der Waals surface area contributed by atoms with E-state index in [1.165, 1.54) is 24.7 Å². The first-order valence-corrected chi connectivity index (χ1v) is 6.20. The third kappa shape index (κ3) is 3.82. The lowest BCUT2D eigenvalue weighted by Crippen LogP contribution is -2.19. The first-order valence-electron chi connectivity index (χ1n) is 6.20. The van der Waals surface area contributed by atoms with E-state index >= 15 is 0 Å². The lowest BCUT2D eigenvalue weighted by Gasteiger charge is -1.97. The predicted octanol–water partition coefficient (Wildman–Crippen LogP) is 0.509. The van der Waals surface area contributed by atoms with Crippen LogP contribution in [0.4, 0.5) is 11.4 Å². The molecule has 12 nitrogen and oxygen atoms in total. The molecule has 0 aliphatic carbocycles. The molecule has 0 radical (unpaired) electrons. The highest BCUT2D eigenvalue weighted by Gasteiger charge is 2.25. The van der Waals surface area contributed by atoms with Crippen LogP contribution in [0.5, 0.6) is 0 Å². The van der Waals surface area contributed by atoms with Crippen molar-refractivity contribution in [1.82, 2.24) is 19.9 Å². The number of hydrogen-bond donors (Lipinski definition) is 2. The molecule has 0 saturated carbocycles. The van der Waals surface area contributed by atoms with E-state index in [1.807, 2.05) is 4.98 Å². The second kappa shape index (κ2) is 6.87. The summed E-state index contributed by atoms with van der Waals surface area (Å²) in [6.45, 7) is 0. The molecule has 0 atom stereocenters. The van der Waals surface area contributed by atoms with E-state index in [2.05, 4.69) is 15.0 Å². The Balaban J connectivity index is 0.000000219. The summed E-state index contributed by atoms with van der Waals surface area (Å²) < 4.78 is 0. The van der Waals surface area contributed by atoms with Gasteiger partial charge in [-0.1, -0.05) is 0 Å². The van der Waals surface area contributed by atoms with Crippen molar-refractivity contribution in [2.75, 3.05) is 0 Å². The molecule has 0 unspecified atom stereocenters. The summed E-state index contributed by atoms with van der Waals surface area (Å²) in [4.78, 5) is 51.9. The molecule has 2 aromatic heterocycles. The number of nitro benzene ring substituents is 2. The van der Waals surface area contributed by atoms with Gasteiger partial charge in [0.15, 0.2) is 0 Å². The minimum Gasteiger partial charge on any atom is -0.314 e. The first-order chi connectivity index (χ1) is 11.4. The second-order valence-corrected chi connectivity index (χ2v) is 4.20. The normalized spacial score (nSPS) is 9.83. The molecule has 3 rings (SSSR count). The summed E-state index contributed by atoms with van der Waals surface area (Å²) in [6, 6.07) is 3.32. The summed E-state index contributed by atoms with van der Waals surface area (Å²) in [5.74, 6) is 0. The van der Waals surface area contributed by atoms with E-state index in [0.29, 0.717) is 0 Å². The fraction of sp³-hybridized carbons (Fsp3) is 0. The summed E-state index contributed by atoms with van der Waals surface area (Å²) >= 11 is 0. The van der Waals surface area contributed by atoms with Gasteiger partial charge < -0.3 is 4.98 Å². The lowest BCUT2D eigenvalue weighted by molar-refractivity contribution is -0.422. The number of nitrogens with zero attached hydrogens (tertiary/aromatic N) is 4. The highest BCUT2D eigenvalue weighted by Crippen LogP contribution is 2.29. The number of hydrogen-bond acceptors (Lipinski definition) is 8. The highest BCUT2D eigenvalue weighted by atomic mass is 16.6. The van der Waals surface area contributed by atoms with Crippen LogP contribution in [0.25, 0.3) is 11.0 Å². The molecule has 122 valence electrons. The molecule has 0 bridgehead atoms. The Morgan fingerprint density at radius 1 is 0.917 bits per heavy atom. The molecule has 1 aromatic carbocycles. The van der Waals surface area contributed by atoms with Crippen molar-refractivity contribution >= 4 is 22.4 Å². The average Bonchev–Trinajstić information content (AvgIpc) is 2.53. The van der Waals surface area contributed by atoms with E-state index in [-0.39, 0.29) is 16.6 Å². The van der Waals surface area contributed by atoms with E-state index in [9.17, 15) is 29.8 Å². The Labute approximate surface area is 131 Å². The van der Waals surface area contributed by atoms with Gasteiger partial charge in [0, 0.05) is 24.7 Å². The number of aromatic amines is 2. The molecule has 3 aromatic rings. The van der Waals surface area contributed by atoms with Crippen molar-refractivity contribution < 1.29 is 9.85 Å². The van der Waals surface area contributed by atoms with Gasteiger partial charge in [0.2, 0.25) is 0 Å². The molecule has 24 heavy (non-hydrogen) atoms. The van der Waals surface area contributed by atoms with Crippen molar-refractivity contribution in [3.63, 3.8) is 0 Å². The largest absolute Gasteiger partial charge is 0.348 e. The van der Waals surface area contributed by atoms with Gasteiger partial charge in [-0.2, -0.15) is 0 Å². The van der Waals surface area contributed by atoms with Crippen molar-refractivity contribution in [1.29, 1.82) is 0 Å². The Morgan fingerprint density at radius 3 is 1.75 bits per heavy atom. The highest BCUT2D eigenvalue weighted by molar-refractivity contribution is 5.81. The molecular formula is C12H8N6O6. The molecule has 0 spiro atoms. The Kier molecular flexibility index (Phi) is 4.70. The quantitative estimate of drug-likeness (QED) is 0.503. The van der Waals surface area contributed by atoms with Crippen LogP contribution < -0.4 is 11.2 Å². The summed E-state index contributed by atoms with van der Waals surface area (Å²) in [5.41, 5.74) is -1.53. The lowest BCUT2D eigenvalue weighted by atomic mass is 10.2. The van der Waals surface area contributed by atoms with Crippen LogP contribution >= 0.6 is 0 Å². The van der Waals surface area contributed by atoms with E-state index in [0.717, 1.165) is 12.1 Å². The monoisotopic (exact) mass is 332 g/mol. The Bertz CT molecular complexity index is 948. The summed E-state index contributed by atoms with van der Waals surface area (Å²) in [7, 11) is 0. The molecule has 0 aliphatic heterocycles. The van der Waals surface area contributed by atoms with Gasteiger partial charge in [0.05, 0.1) is 33.0 Å². The molecule has 0 fully saturated rings. The maximum absolute atomic E-state index is 10.6. The topological polar surface area (TPSA) is 178 Å². The molecule has 0 aliphatic rings. The fourth-order valence-electron chi connectivity index (χ4n) is 1.66. The van der Waals surface area contributed by atoms with E-state index in [4.69, 9.17) is 0 Å². The van der Waals surface area contributed by atoms with Gasteiger partial charge in [0.25, 0.3) is 5.56 Å².